The topological polar surface area (TPSA) is 107 Å². The van der Waals surface area contributed by atoms with Gasteiger partial charge < -0.3 is 14.8 Å². The number of nitrogens with one attached hydrogen (secondary N) is 1. The molecule has 28 heavy (non-hydrogen) atoms. The number of hydrogen-bond donors (Lipinski definition) is 1. The van der Waals surface area contributed by atoms with E-state index in [1.807, 2.05) is 27.7 Å². The third kappa shape index (κ3) is 5.48. The van der Waals surface area contributed by atoms with Crippen molar-refractivity contribution >= 4 is 28.9 Å². The Morgan fingerprint density at radius 3 is 2.32 bits per heavy atom. The van der Waals surface area contributed by atoms with Crippen LogP contribution >= 0.6 is 0 Å². The van der Waals surface area contributed by atoms with Crippen molar-refractivity contribution in [3.8, 4) is 0 Å². The maximum Gasteiger partial charge on any atom is 0.338 e. The fraction of sp³-hybridized carbons (Fsp3) is 0.450. The number of nitrogens with zero attached hydrogens (tertiary/aromatic N) is 2. The van der Waals surface area contributed by atoms with E-state index in [-0.39, 0.29) is 11.5 Å². The molecule has 1 aromatic heterocycles. The lowest BCUT2D eigenvalue weighted by Gasteiger charge is -2.18. The molecule has 1 N–H and O–H groups in total. The summed E-state index contributed by atoms with van der Waals surface area (Å²) in [6.45, 7) is 7.05. The average Bonchev–Trinajstić information content (AvgIpc) is 2.65. The van der Waals surface area contributed by atoms with E-state index in [1.54, 1.807) is 18.2 Å². The van der Waals surface area contributed by atoms with Gasteiger partial charge in [0.15, 0.2) is 6.61 Å². The Labute approximate surface area is 163 Å². The largest absolute Gasteiger partial charge is 0.467 e. The summed E-state index contributed by atoms with van der Waals surface area (Å²) in [7, 11) is 1.26. The molecule has 0 saturated carbocycles. The number of ether oxygens (including phenoxy) is 2. The number of hydrogen-bond acceptors (Lipinski definition) is 7. The minimum Gasteiger partial charge on any atom is -0.467 e. The summed E-state index contributed by atoms with van der Waals surface area (Å²) in [4.78, 5) is 44.9. The van der Waals surface area contributed by atoms with Crippen LogP contribution in [0.4, 0.5) is 0 Å². The molecule has 0 spiro atoms. The van der Waals surface area contributed by atoms with Gasteiger partial charge in [0.05, 0.1) is 35.1 Å². The van der Waals surface area contributed by atoms with Crippen LogP contribution in [0.2, 0.25) is 0 Å². The van der Waals surface area contributed by atoms with Crippen LogP contribution in [0, 0.1) is 19.8 Å². The quantitative estimate of drug-likeness (QED) is 0.725. The summed E-state index contributed by atoms with van der Waals surface area (Å²) in [5.74, 6) is -1.59. The first-order chi connectivity index (χ1) is 13.2. The van der Waals surface area contributed by atoms with Crippen molar-refractivity contribution in [3.63, 3.8) is 0 Å². The van der Waals surface area contributed by atoms with Crippen LogP contribution in [0.5, 0.6) is 0 Å². The third-order valence-electron chi connectivity index (χ3n) is 4.17. The number of aromatic nitrogens is 2. The van der Waals surface area contributed by atoms with Gasteiger partial charge in [-0.2, -0.15) is 0 Å². The molecule has 0 aliphatic rings. The van der Waals surface area contributed by atoms with Crippen LogP contribution in [0.1, 0.15) is 42.0 Å². The monoisotopic (exact) mass is 387 g/mol. The van der Waals surface area contributed by atoms with E-state index in [0.29, 0.717) is 17.5 Å². The Balaban J connectivity index is 2.00. The molecule has 2 rings (SSSR count). The highest BCUT2D eigenvalue weighted by Gasteiger charge is 2.23. The third-order valence-corrected chi connectivity index (χ3v) is 4.17. The Hall–Kier alpha value is -3.03. The summed E-state index contributed by atoms with van der Waals surface area (Å²) in [5, 5.41) is 2.54. The van der Waals surface area contributed by atoms with E-state index >= 15 is 0 Å². The minimum atomic E-state index is -0.779. The molecule has 1 amide bonds. The Morgan fingerprint density at radius 1 is 1.07 bits per heavy atom. The summed E-state index contributed by atoms with van der Waals surface area (Å²) >= 11 is 0. The molecule has 8 nitrogen and oxygen atoms in total. The molecular weight excluding hydrogens is 362 g/mol. The van der Waals surface area contributed by atoms with Gasteiger partial charge in [-0.05, 0) is 44.4 Å². The summed E-state index contributed by atoms with van der Waals surface area (Å²) < 4.78 is 9.75. The predicted molar refractivity (Wildman–Crippen MR) is 103 cm³/mol. The molecule has 8 heteroatoms. The maximum atomic E-state index is 12.3. The molecule has 0 radical (unpaired) electrons. The Bertz CT molecular complexity index is 895. The number of amides is 1. The van der Waals surface area contributed by atoms with E-state index in [1.165, 1.54) is 7.11 Å². The van der Waals surface area contributed by atoms with Crippen molar-refractivity contribution in [2.24, 2.45) is 5.92 Å². The Kier molecular flexibility index (Phi) is 7.03. The van der Waals surface area contributed by atoms with Crippen molar-refractivity contribution in [1.29, 1.82) is 0 Å². The second-order valence-corrected chi connectivity index (χ2v) is 6.95. The fourth-order valence-corrected chi connectivity index (χ4v) is 2.64. The molecule has 0 unspecified atom stereocenters. The van der Waals surface area contributed by atoms with Crippen molar-refractivity contribution in [2.45, 2.75) is 40.2 Å². The van der Waals surface area contributed by atoms with Crippen LogP contribution in [0.25, 0.3) is 11.0 Å². The number of carbonyl (C=O) groups excluding carboxylic acids is 3. The predicted octanol–water partition coefficient (Wildman–Crippen LogP) is 2.11. The summed E-state index contributed by atoms with van der Waals surface area (Å²) in [5.41, 5.74) is 3.11. The van der Waals surface area contributed by atoms with Gasteiger partial charge in [-0.1, -0.05) is 13.8 Å². The maximum absolute atomic E-state index is 12.3. The van der Waals surface area contributed by atoms with Gasteiger partial charge in [0.25, 0.3) is 5.91 Å². The van der Waals surface area contributed by atoms with Gasteiger partial charge in [-0.25, -0.2) is 19.6 Å². The van der Waals surface area contributed by atoms with E-state index in [2.05, 4.69) is 15.3 Å². The van der Waals surface area contributed by atoms with Gasteiger partial charge in [-0.3, -0.25) is 4.79 Å². The van der Waals surface area contributed by atoms with Gasteiger partial charge in [0.1, 0.15) is 6.04 Å². The van der Waals surface area contributed by atoms with Crippen LogP contribution in [-0.4, -0.2) is 47.6 Å². The lowest BCUT2D eigenvalue weighted by atomic mass is 10.0. The number of benzene rings is 1. The SMILES string of the molecule is COC(=O)[C@H](CC(C)C)NC(=O)COC(=O)c1ccc2nc(C)c(C)nc2c1. The van der Waals surface area contributed by atoms with Crippen molar-refractivity contribution in [3.05, 3.63) is 35.2 Å². The molecule has 0 bridgehead atoms. The lowest BCUT2D eigenvalue weighted by molar-refractivity contribution is -0.145. The molecular formula is C20H25N3O5. The zero-order chi connectivity index (χ0) is 20.8. The first kappa shape index (κ1) is 21.3. The number of fused-ring (bicyclic) bond motifs is 1. The van der Waals surface area contributed by atoms with E-state index in [9.17, 15) is 14.4 Å². The van der Waals surface area contributed by atoms with Crippen molar-refractivity contribution in [2.75, 3.05) is 13.7 Å². The second kappa shape index (κ2) is 9.25. The zero-order valence-electron chi connectivity index (χ0n) is 16.7. The molecule has 150 valence electrons. The minimum absolute atomic E-state index is 0.178. The van der Waals surface area contributed by atoms with Crippen LogP contribution in [0.15, 0.2) is 18.2 Å². The van der Waals surface area contributed by atoms with Gasteiger partial charge in [0.2, 0.25) is 0 Å². The van der Waals surface area contributed by atoms with Crippen molar-refractivity contribution < 1.29 is 23.9 Å². The fourth-order valence-electron chi connectivity index (χ4n) is 2.64. The lowest BCUT2D eigenvalue weighted by Crippen LogP contribution is -2.44. The molecule has 0 fully saturated rings. The van der Waals surface area contributed by atoms with Crippen LogP contribution in [0.3, 0.4) is 0 Å². The van der Waals surface area contributed by atoms with Gasteiger partial charge in [-0.15, -0.1) is 0 Å². The second-order valence-electron chi connectivity index (χ2n) is 6.95. The Morgan fingerprint density at radius 2 is 1.71 bits per heavy atom. The van der Waals surface area contributed by atoms with E-state index < -0.39 is 30.5 Å². The van der Waals surface area contributed by atoms with E-state index in [4.69, 9.17) is 9.47 Å². The summed E-state index contributed by atoms with van der Waals surface area (Å²) in [6.07, 6.45) is 0.425. The molecule has 0 aliphatic carbocycles. The number of aryl methyl sites for hydroxylation is 2. The molecule has 0 saturated heterocycles. The molecule has 1 heterocycles. The highest BCUT2D eigenvalue weighted by Crippen LogP contribution is 2.15. The smallest absolute Gasteiger partial charge is 0.338 e. The van der Waals surface area contributed by atoms with E-state index in [0.717, 1.165) is 11.4 Å². The number of methoxy groups -OCH3 is 1. The molecule has 2 aromatic rings. The highest BCUT2D eigenvalue weighted by atomic mass is 16.5. The van der Waals surface area contributed by atoms with Crippen LogP contribution in [-0.2, 0) is 19.1 Å². The highest BCUT2D eigenvalue weighted by molar-refractivity contribution is 5.95. The number of carbonyl (C=O) groups is 3. The number of esters is 2. The normalized spacial score (nSPS) is 11.9. The van der Waals surface area contributed by atoms with Gasteiger partial charge in [0, 0.05) is 0 Å². The first-order valence-corrected chi connectivity index (χ1v) is 9.00. The molecule has 1 aromatic carbocycles. The standard InChI is InChI=1S/C20H25N3O5/c1-11(2)8-17(20(26)27-5)23-18(24)10-28-19(25)14-6-7-15-16(9-14)22-13(4)12(3)21-15/h6-7,9,11,17H,8,10H2,1-5H3,(H,23,24)/t17-/m0/s1. The zero-order valence-corrected chi connectivity index (χ0v) is 16.7. The number of rotatable bonds is 7. The van der Waals surface area contributed by atoms with Gasteiger partial charge >= 0.3 is 11.9 Å². The first-order valence-electron chi connectivity index (χ1n) is 9.00. The average molecular weight is 387 g/mol. The molecule has 0 aliphatic heterocycles. The molecule has 1 atom stereocenters. The van der Waals surface area contributed by atoms with Crippen LogP contribution < -0.4 is 5.32 Å². The van der Waals surface area contributed by atoms with Crippen molar-refractivity contribution in [1.82, 2.24) is 15.3 Å². The summed E-state index contributed by atoms with van der Waals surface area (Å²) in [6, 6.07) is 4.05.